The van der Waals surface area contributed by atoms with E-state index in [0.29, 0.717) is 25.5 Å². The standard InChI is InChI=1S/C15H18N4O4/c1-17-13(20)14(21)19-10-15(23-8-12(19)16-17)4-5-18(9-15)7-11-3-2-6-22-11/h2-3,6H,4-5,7-10H2,1H3. The second-order valence-electron chi connectivity index (χ2n) is 6.25. The summed E-state index contributed by atoms with van der Waals surface area (Å²) in [5.74, 6) is 1.41. The molecule has 1 saturated heterocycles. The van der Waals surface area contributed by atoms with Gasteiger partial charge in [-0.05, 0) is 18.6 Å². The van der Waals surface area contributed by atoms with Gasteiger partial charge in [0.15, 0.2) is 5.82 Å². The zero-order valence-electron chi connectivity index (χ0n) is 12.9. The number of ether oxygens (including phenoxy) is 1. The Morgan fingerprint density at radius 1 is 1.30 bits per heavy atom. The van der Waals surface area contributed by atoms with Crippen LogP contribution in [0.25, 0.3) is 0 Å². The Hall–Kier alpha value is -2.19. The van der Waals surface area contributed by atoms with Crippen LogP contribution < -0.4 is 11.1 Å². The lowest BCUT2D eigenvalue weighted by molar-refractivity contribution is -0.0859. The second kappa shape index (κ2) is 5.17. The van der Waals surface area contributed by atoms with E-state index in [0.717, 1.165) is 23.4 Å². The molecule has 0 bridgehead atoms. The average Bonchev–Trinajstić information content (AvgIpc) is 3.18. The Labute approximate surface area is 131 Å². The fourth-order valence-electron chi connectivity index (χ4n) is 3.40. The highest BCUT2D eigenvalue weighted by atomic mass is 16.5. The van der Waals surface area contributed by atoms with Crippen molar-refractivity contribution in [3.8, 4) is 0 Å². The second-order valence-corrected chi connectivity index (χ2v) is 6.25. The lowest BCUT2D eigenvalue weighted by atomic mass is 10.0. The molecule has 1 spiro atoms. The van der Waals surface area contributed by atoms with Gasteiger partial charge in [-0.3, -0.25) is 19.1 Å². The maximum atomic E-state index is 12.2. The van der Waals surface area contributed by atoms with Crippen molar-refractivity contribution in [2.45, 2.75) is 31.7 Å². The number of hydrogen-bond donors (Lipinski definition) is 0. The highest BCUT2D eigenvalue weighted by Crippen LogP contribution is 2.31. The SMILES string of the molecule is Cn1nc2n(c(=O)c1=O)CC1(CCN(Cc3ccco3)C1)OC2. The Morgan fingerprint density at radius 3 is 2.96 bits per heavy atom. The van der Waals surface area contributed by atoms with Gasteiger partial charge in [-0.2, -0.15) is 5.10 Å². The third kappa shape index (κ3) is 2.43. The molecule has 0 saturated carbocycles. The number of furan rings is 1. The van der Waals surface area contributed by atoms with Crippen LogP contribution in [0.3, 0.4) is 0 Å². The smallest absolute Gasteiger partial charge is 0.332 e. The van der Waals surface area contributed by atoms with E-state index in [1.807, 2.05) is 12.1 Å². The van der Waals surface area contributed by atoms with Crippen molar-refractivity contribution >= 4 is 0 Å². The molecular formula is C15H18N4O4. The van der Waals surface area contributed by atoms with E-state index in [-0.39, 0.29) is 6.61 Å². The van der Waals surface area contributed by atoms with Gasteiger partial charge in [0, 0.05) is 20.1 Å². The molecule has 4 heterocycles. The van der Waals surface area contributed by atoms with E-state index in [4.69, 9.17) is 9.15 Å². The highest BCUT2D eigenvalue weighted by molar-refractivity contribution is 5.03. The van der Waals surface area contributed by atoms with Crippen LogP contribution >= 0.6 is 0 Å². The molecule has 23 heavy (non-hydrogen) atoms. The van der Waals surface area contributed by atoms with Crippen molar-refractivity contribution in [3.63, 3.8) is 0 Å². The summed E-state index contributed by atoms with van der Waals surface area (Å²) in [4.78, 5) is 26.3. The number of hydrogen-bond acceptors (Lipinski definition) is 6. The molecule has 0 aliphatic carbocycles. The summed E-state index contributed by atoms with van der Waals surface area (Å²) in [6.45, 7) is 2.91. The van der Waals surface area contributed by atoms with E-state index in [9.17, 15) is 9.59 Å². The van der Waals surface area contributed by atoms with E-state index in [1.54, 1.807) is 6.26 Å². The number of aryl methyl sites for hydroxylation is 1. The van der Waals surface area contributed by atoms with Gasteiger partial charge in [-0.1, -0.05) is 0 Å². The van der Waals surface area contributed by atoms with Gasteiger partial charge in [-0.15, -0.1) is 0 Å². The van der Waals surface area contributed by atoms with E-state index >= 15 is 0 Å². The monoisotopic (exact) mass is 318 g/mol. The van der Waals surface area contributed by atoms with Crippen LogP contribution in [0.5, 0.6) is 0 Å². The minimum absolute atomic E-state index is 0.248. The molecule has 8 nitrogen and oxygen atoms in total. The molecule has 1 fully saturated rings. The summed E-state index contributed by atoms with van der Waals surface area (Å²) in [6, 6.07) is 3.82. The van der Waals surface area contributed by atoms with Crippen molar-refractivity contribution < 1.29 is 9.15 Å². The van der Waals surface area contributed by atoms with Crippen molar-refractivity contribution in [3.05, 3.63) is 50.7 Å². The molecule has 122 valence electrons. The van der Waals surface area contributed by atoms with Gasteiger partial charge in [0.1, 0.15) is 18.0 Å². The normalized spacial score (nSPS) is 24.2. The van der Waals surface area contributed by atoms with Gasteiger partial charge >= 0.3 is 11.1 Å². The van der Waals surface area contributed by atoms with Crippen LogP contribution in [0.2, 0.25) is 0 Å². The molecule has 0 amide bonds. The van der Waals surface area contributed by atoms with Gasteiger partial charge < -0.3 is 9.15 Å². The molecule has 2 aliphatic rings. The largest absolute Gasteiger partial charge is 0.468 e. The number of fused-ring (bicyclic) bond motifs is 1. The molecule has 1 unspecified atom stereocenters. The summed E-state index contributed by atoms with van der Waals surface area (Å²) < 4.78 is 14.0. The predicted octanol–water partition coefficient (Wildman–Crippen LogP) is -0.290. The van der Waals surface area contributed by atoms with Crippen LogP contribution in [0.1, 0.15) is 18.0 Å². The first-order chi connectivity index (χ1) is 11.1. The number of nitrogens with zero attached hydrogens (tertiary/aromatic N) is 4. The predicted molar refractivity (Wildman–Crippen MR) is 79.9 cm³/mol. The van der Waals surface area contributed by atoms with Crippen LogP contribution in [0.4, 0.5) is 0 Å². The third-order valence-corrected chi connectivity index (χ3v) is 4.61. The highest BCUT2D eigenvalue weighted by Gasteiger charge is 2.43. The summed E-state index contributed by atoms with van der Waals surface area (Å²) in [6.07, 6.45) is 2.48. The zero-order valence-corrected chi connectivity index (χ0v) is 12.9. The molecule has 1 atom stereocenters. The van der Waals surface area contributed by atoms with E-state index in [2.05, 4.69) is 10.00 Å². The van der Waals surface area contributed by atoms with Crippen LogP contribution in [0, 0.1) is 0 Å². The van der Waals surface area contributed by atoms with Crippen LogP contribution in [-0.2, 0) is 31.5 Å². The quantitative estimate of drug-likeness (QED) is 0.708. The maximum absolute atomic E-state index is 12.2. The molecule has 2 aromatic rings. The first kappa shape index (κ1) is 14.4. The molecule has 8 heteroatoms. The first-order valence-electron chi connectivity index (χ1n) is 7.62. The van der Waals surface area contributed by atoms with Crippen molar-refractivity contribution in [1.29, 1.82) is 0 Å². The van der Waals surface area contributed by atoms with Gasteiger partial charge in [0.25, 0.3) is 0 Å². The van der Waals surface area contributed by atoms with E-state index < -0.39 is 16.7 Å². The number of aromatic nitrogens is 3. The van der Waals surface area contributed by atoms with Crippen molar-refractivity contribution in [2.75, 3.05) is 13.1 Å². The number of rotatable bonds is 2. The summed E-state index contributed by atoms with van der Waals surface area (Å²) >= 11 is 0. The number of likely N-dealkylation sites (tertiary alicyclic amines) is 1. The molecule has 0 radical (unpaired) electrons. The Kier molecular flexibility index (Phi) is 3.24. The van der Waals surface area contributed by atoms with Gasteiger partial charge in [-0.25, -0.2) is 4.68 Å². The lowest BCUT2D eigenvalue weighted by Crippen LogP contribution is -2.52. The molecule has 4 rings (SSSR count). The molecule has 0 aromatic carbocycles. The maximum Gasteiger partial charge on any atom is 0.332 e. The zero-order chi connectivity index (χ0) is 16.0. The molecule has 0 N–H and O–H groups in total. The minimum atomic E-state index is -0.601. The summed E-state index contributed by atoms with van der Waals surface area (Å²) in [5.41, 5.74) is -1.56. The fourth-order valence-corrected chi connectivity index (χ4v) is 3.40. The van der Waals surface area contributed by atoms with Gasteiger partial charge in [0.05, 0.1) is 19.4 Å². The van der Waals surface area contributed by atoms with Gasteiger partial charge in [0.2, 0.25) is 0 Å². The lowest BCUT2D eigenvalue weighted by Gasteiger charge is -2.35. The first-order valence-corrected chi connectivity index (χ1v) is 7.62. The Balaban J connectivity index is 1.57. The van der Waals surface area contributed by atoms with Crippen molar-refractivity contribution in [2.24, 2.45) is 7.05 Å². The average molecular weight is 318 g/mol. The molecular weight excluding hydrogens is 300 g/mol. The van der Waals surface area contributed by atoms with Crippen LogP contribution in [-0.4, -0.2) is 37.9 Å². The Morgan fingerprint density at radius 2 is 2.17 bits per heavy atom. The Bertz CT molecular complexity index is 838. The third-order valence-electron chi connectivity index (χ3n) is 4.61. The fraction of sp³-hybridized carbons (Fsp3) is 0.533. The summed E-state index contributed by atoms with van der Waals surface area (Å²) in [5, 5.41) is 4.12. The van der Waals surface area contributed by atoms with Crippen LogP contribution in [0.15, 0.2) is 32.4 Å². The minimum Gasteiger partial charge on any atom is -0.468 e. The summed E-state index contributed by atoms with van der Waals surface area (Å²) in [7, 11) is 1.48. The molecule has 2 aliphatic heterocycles. The molecule has 2 aromatic heterocycles. The van der Waals surface area contributed by atoms with E-state index in [1.165, 1.54) is 11.6 Å². The topological polar surface area (TPSA) is 82.5 Å². The van der Waals surface area contributed by atoms with Crippen molar-refractivity contribution in [1.82, 2.24) is 19.2 Å².